The Labute approximate surface area is 187 Å². The average molecular weight is 443 g/mol. The molecule has 31 heavy (non-hydrogen) atoms. The van der Waals surface area contributed by atoms with Gasteiger partial charge in [-0.1, -0.05) is 0 Å². The van der Waals surface area contributed by atoms with Crippen molar-refractivity contribution in [3.8, 4) is 0 Å². The molecule has 9 nitrogen and oxygen atoms in total. The van der Waals surface area contributed by atoms with E-state index >= 15 is 0 Å². The molecule has 0 bridgehead atoms. The lowest BCUT2D eigenvalue weighted by atomic mass is 9.85. The quantitative estimate of drug-likeness (QED) is 0.567. The molecule has 2 N–H and O–H groups in total. The molecule has 0 radical (unpaired) electrons. The van der Waals surface area contributed by atoms with E-state index < -0.39 is 29.9 Å². The van der Waals surface area contributed by atoms with Crippen molar-refractivity contribution in [2.24, 2.45) is 5.92 Å². The van der Waals surface area contributed by atoms with Crippen molar-refractivity contribution in [1.82, 2.24) is 20.0 Å². The maximum absolute atomic E-state index is 12.6. The van der Waals surface area contributed by atoms with Crippen molar-refractivity contribution in [3.63, 3.8) is 0 Å². The predicted octanol–water partition coefficient (Wildman–Crippen LogP) is 1.11. The van der Waals surface area contributed by atoms with E-state index in [0.717, 1.165) is 38.8 Å². The van der Waals surface area contributed by atoms with Gasteiger partial charge in [-0.25, -0.2) is 4.79 Å². The molecule has 9 heteroatoms. The van der Waals surface area contributed by atoms with E-state index in [-0.39, 0.29) is 12.6 Å². The van der Waals surface area contributed by atoms with Crippen LogP contribution in [0.4, 0.5) is 4.79 Å². The van der Waals surface area contributed by atoms with Gasteiger partial charge in [-0.3, -0.25) is 9.69 Å². The molecule has 0 saturated carbocycles. The monoisotopic (exact) mass is 442 g/mol. The molecule has 2 aliphatic rings. The molecule has 0 aromatic carbocycles. The first-order valence-electron chi connectivity index (χ1n) is 11.4. The second-order valence-electron chi connectivity index (χ2n) is 9.94. The fourth-order valence-corrected chi connectivity index (χ4v) is 4.48. The van der Waals surface area contributed by atoms with Crippen LogP contribution >= 0.6 is 0 Å². The summed E-state index contributed by atoms with van der Waals surface area (Å²) in [5.41, 5.74) is -0.611. The zero-order valence-corrected chi connectivity index (χ0v) is 20.1. The Bertz CT molecular complexity index is 595. The molecule has 1 amide bonds. The number of aliphatic hydroxyl groups is 1. The number of ether oxygens (including phenoxy) is 2. The van der Waals surface area contributed by atoms with E-state index in [9.17, 15) is 14.7 Å². The van der Waals surface area contributed by atoms with Crippen LogP contribution in [0.25, 0.3) is 0 Å². The van der Waals surface area contributed by atoms with Crippen LogP contribution in [0.3, 0.4) is 0 Å². The van der Waals surface area contributed by atoms with Crippen molar-refractivity contribution in [2.75, 3.05) is 53.9 Å². The number of methoxy groups -OCH3 is 1. The molecular formula is C22H42N4O5. The highest BCUT2D eigenvalue weighted by molar-refractivity contribution is 5.77. The number of rotatable bonds is 7. The third-order valence-electron chi connectivity index (χ3n) is 6.03. The smallest absolute Gasteiger partial charge is 0.410 e. The van der Waals surface area contributed by atoms with Crippen LogP contribution in [0.2, 0.25) is 0 Å². The molecule has 0 aliphatic carbocycles. The van der Waals surface area contributed by atoms with Gasteiger partial charge in [-0.15, -0.1) is 0 Å². The summed E-state index contributed by atoms with van der Waals surface area (Å²) in [7, 11) is 5.47. The summed E-state index contributed by atoms with van der Waals surface area (Å²) in [4.78, 5) is 30.6. The number of piperidine rings is 1. The van der Waals surface area contributed by atoms with E-state index in [4.69, 9.17) is 9.47 Å². The molecule has 2 saturated heterocycles. The Balaban J connectivity index is 2.09. The highest BCUT2D eigenvalue weighted by atomic mass is 16.6. The molecular weight excluding hydrogens is 400 g/mol. The zero-order valence-electron chi connectivity index (χ0n) is 20.1. The maximum atomic E-state index is 12.6. The number of esters is 1. The molecule has 0 aromatic heterocycles. The molecule has 1 unspecified atom stereocenters. The van der Waals surface area contributed by atoms with Crippen LogP contribution in [-0.2, 0) is 14.3 Å². The second-order valence-corrected chi connectivity index (χ2v) is 9.94. The number of carbonyl (C=O) groups excluding carboxylic acids is 2. The Hall–Kier alpha value is -1.42. The standard InChI is InChI=1S/C22H42N4O5/c1-22(2,3)31-21(29)25-13-14-26(17(15-25)20(28)30-6)19(27)18-16(9-7-11-23-18)10-8-12-24(4)5/h16-19,23,27H,7-15H2,1-6H3/t16-,17+,18-,19?/m1/s1. The first kappa shape index (κ1) is 25.8. The topological polar surface area (TPSA) is 94.6 Å². The van der Waals surface area contributed by atoms with Crippen LogP contribution in [0, 0.1) is 5.92 Å². The SMILES string of the molecule is COC(=O)[C@@H]1CN(C(=O)OC(C)(C)C)CCN1C(O)[C@@H]1NCCC[C@@H]1CCCN(C)C. The van der Waals surface area contributed by atoms with Gasteiger partial charge in [0.15, 0.2) is 0 Å². The minimum atomic E-state index is -0.824. The number of hydrogen-bond acceptors (Lipinski definition) is 8. The van der Waals surface area contributed by atoms with Crippen LogP contribution in [0.5, 0.6) is 0 Å². The number of aliphatic hydroxyl groups excluding tert-OH is 1. The normalized spacial score (nSPS) is 26.6. The fourth-order valence-electron chi connectivity index (χ4n) is 4.48. The number of hydrogen-bond donors (Lipinski definition) is 2. The number of carbonyl (C=O) groups is 2. The van der Waals surface area contributed by atoms with Gasteiger partial charge >= 0.3 is 12.1 Å². The van der Waals surface area contributed by atoms with Crippen molar-refractivity contribution in [3.05, 3.63) is 0 Å². The lowest BCUT2D eigenvalue weighted by Crippen LogP contribution is -2.66. The molecule has 2 fully saturated rings. The summed E-state index contributed by atoms with van der Waals surface area (Å²) < 4.78 is 10.5. The van der Waals surface area contributed by atoms with E-state index in [1.54, 1.807) is 4.90 Å². The number of nitrogens with zero attached hydrogens (tertiary/aromatic N) is 3. The Kier molecular flexibility index (Phi) is 9.54. The van der Waals surface area contributed by atoms with Gasteiger partial charge in [0.05, 0.1) is 13.7 Å². The van der Waals surface area contributed by atoms with E-state index in [0.29, 0.717) is 19.0 Å². The number of amides is 1. The molecule has 2 aliphatic heterocycles. The van der Waals surface area contributed by atoms with Gasteiger partial charge in [-0.05, 0) is 79.6 Å². The molecule has 2 heterocycles. The summed E-state index contributed by atoms with van der Waals surface area (Å²) in [6.07, 6.45) is 2.96. The number of nitrogens with one attached hydrogen (secondary N) is 1. The Morgan fingerprint density at radius 1 is 1.26 bits per heavy atom. The zero-order chi connectivity index (χ0) is 23.2. The van der Waals surface area contributed by atoms with Crippen molar-refractivity contribution < 1.29 is 24.2 Å². The lowest BCUT2D eigenvalue weighted by molar-refractivity contribution is -0.159. The van der Waals surface area contributed by atoms with Crippen LogP contribution in [0.1, 0.15) is 46.5 Å². The molecule has 0 aromatic rings. The summed E-state index contributed by atoms with van der Waals surface area (Å²) >= 11 is 0. The van der Waals surface area contributed by atoms with E-state index in [1.807, 2.05) is 20.8 Å². The predicted molar refractivity (Wildman–Crippen MR) is 119 cm³/mol. The van der Waals surface area contributed by atoms with Gasteiger partial charge in [0.1, 0.15) is 17.9 Å². The number of piperazine rings is 1. The molecule has 2 rings (SSSR count). The lowest BCUT2D eigenvalue weighted by Gasteiger charge is -2.46. The highest BCUT2D eigenvalue weighted by Gasteiger charge is 2.43. The van der Waals surface area contributed by atoms with Gasteiger partial charge in [0, 0.05) is 19.1 Å². The fraction of sp³-hybridized carbons (Fsp3) is 0.909. The van der Waals surface area contributed by atoms with Crippen molar-refractivity contribution in [1.29, 1.82) is 0 Å². The Morgan fingerprint density at radius 2 is 1.97 bits per heavy atom. The van der Waals surface area contributed by atoms with Crippen LogP contribution < -0.4 is 5.32 Å². The third kappa shape index (κ3) is 7.59. The first-order valence-corrected chi connectivity index (χ1v) is 11.4. The van der Waals surface area contributed by atoms with Gasteiger partial charge < -0.3 is 29.7 Å². The van der Waals surface area contributed by atoms with Gasteiger partial charge in [-0.2, -0.15) is 0 Å². The minimum absolute atomic E-state index is 0.115. The average Bonchev–Trinajstić information content (AvgIpc) is 2.71. The second kappa shape index (κ2) is 11.4. The summed E-state index contributed by atoms with van der Waals surface area (Å²) in [5.74, 6) is -0.113. The van der Waals surface area contributed by atoms with Crippen molar-refractivity contribution >= 4 is 12.1 Å². The van der Waals surface area contributed by atoms with E-state index in [1.165, 1.54) is 12.0 Å². The maximum Gasteiger partial charge on any atom is 0.410 e. The highest BCUT2D eigenvalue weighted by Crippen LogP contribution is 2.27. The summed E-state index contributed by atoms with van der Waals surface area (Å²) in [5, 5.41) is 14.8. The van der Waals surface area contributed by atoms with Crippen molar-refractivity contribution in [2.45, 2.75) is 70.4 Å². The molecule has 180 valence electrons. The van der Waals surface area contributed by atoms with E-state index in [2.05, 4.69) is 24.3 Å². The molecule has 0 spiro atoms. The molecule has 4 atom stereocenters. The minimum Gasteiger partial charge on any atom is -0.468 e. The summed E-state index contributed by atoms with van der Waals surface area (Å²) in [6, 6.07) is -0.844. The first-order chi connectivity index (χ1) is 14.5. The largest absolute Gasteiger partial charge is 0.468 e. The summed E-state index contributed by atoms with van der Waals surface area (Å²) in [6.45, 7) is 8.21. The Morgan fingerprint density at radius 3 is 2.58 bits per heavy atom. The van der Waals surface area contributed by atoms with Gasteiger partial charge in [0.25, 0.3) is 0 Å². The van der Waals surface area contributed by atoms with Crippen LogP contribution in [0.15, 0.2) is 0 Å². The third-order valence-corrected chi connectivity index (χ3v) is 6.03. The van der Waals surface area contributed by atoms with Crippen LogP contribution in [-0.4, -0.2) is 110 Å². The van der Waals surface area contributed by atoms with Gasteiger partial charge in [0.2, 0.25) is 0 Å².